The van der Waals surface area contributed by atoms with Crippen LogP contribution in [0.2, 0.25) is 0 Å². The van der Waals surface area contributed by atoms with Crippen LogP contribution in [0.1, 0.15) is 24.6 Å². The number of aliphatic carboxylic acids is 1. The van der Waals surface area contributed by atoms with E-state index in [-0.39, 0.29) is 6.03 Å². The third kappa shape index (κ3) is 3.77. The molecule has 1 fully saturated rings. The molecule has 1 saturated heterocycles. The molecule has 1 aromatic rings. The third-order valence-electron chi connectivity index (χ3n) is 4.00. The van der Waals surface area contributed by atoms with E-state index in [1.54, 1.807) is 35.1 Å². The predicted molar refractivity (Wildman–Crippen MR) is 85.4 cm³/mol. The molecule has 1 aliphatic rings. The van der Waals surface area contributed by atoms with E-state index < -0.39 is 11.4 Å². The smallest absolute Gasteiger partial charge is 0.320 e. The Morgan fingerprint density at radius 3 is 2.57 bits per heavy atom. The molecule has 0 radical (unpaired) electrons. The Bertz CT molecular complexity index is 538. The molecule has 2 rings (SSSR count). The fourth-order valence-corrected chi connectivity index (χ4v) is 3.89. The van der Waals surface area contributed by atoms with Gasteiger partial charge in [-0.2, -0.15) is 0 Å². The van der Waals surface area contributed by atoms with Crippen LogP contribution < -0.4 is 0 Å². The van der Waals surface area contributed by atoms with Crippen LogP contribution in [-0.4, -0.2) is 47.0 Å². The molecule has 0 bridgehead atoms. The van der Waals surface area contributed by atoms with Gasteiger partial charge in [-0.3, -0.25) is 4.79 Å². The van der Waals surface area contributed by atoms with Crippen LogP contribution in [0.3, 0.4) is 0 Å². The Morgan fingerprint density at radius 1 is 1.48 bits per heavy atom. The molecule has 2 heterocycles. The van der Waals surface area contributed by atoms with Crippen LogP contribution in [0, 0.1) is 5.41 Å². The molecule has 1 N–H and O–H groups in total. The van der Waals surface area contributed by atoms with Gasteiger partial charge >= 0.3 is 12.0 Å². The van der Waals surface area contributed by atoms with E-state index in [0.717, 1.165) is 9.35 Å². The van der Waals surface area contributed by atoms with Crippen LogP contribution in [0.15, 0.2) is 15.9 Å². The minimum absolute atomic E-state index is 0.0352. The summed E-state index contributed by atoms with van der Waals surface area (Å²) in [7, 11) is 1.78. The van der Waals surface area contributed by atoms with Gasteiger partial charge < -0.3 is 14.9 Å². The number of urea groups is 1. The first-order valence-corrected chi connectivity index (χ1v) is 8.45. The number of hydrogen-bond acceptors (Lipinski definition) is 3. The lowest BCUT2D eigenvalue weighted by Crippen LogP contribution is -2.48. The minimum atomic E-state index is -0.772. The number of rotatable bonds is 3. The average Bonchev–Trinajstić information content (AvgIpc) is 2.84. The number of carbonyl (C=O) groups excluding carboxylic acids is 1. The van der Waals surface area contributed by atoms with E-state index in [9.17, 15) is 14.7 Å². The lowest BCUT2D eigenvalue weighted by atomic mass is 9.80. The highest BCUT2D eigenvalue weighted by Gasteiger charge is 2.38. The summed E-state index contributed by atoms with van der Waals surface area (Å²) < 4.78 is 1.03. The number of carboxylic acids is 1. The molecule has 0 unspecified atom stereocenters. The molecular weight excluding hydrogens is 356 g/mol. The van der Waals surface area contributed by atoms with E-state index in [1.165, 1.54) is 0 Å². The first-order valence-electron chi connectivity index (χ1n) is 6.78. The number of thiophene rings is 1. The zero-order chi connectivity index (χ0) is 15.6. The number of amides is 2. The summed E-state index contributed by atoms with van der Waals surface area (Å²) in [6.07, 6.45) is 1.01. The van der Waals surface area contributed by atoms with Gasteiger partial charge in [0.15, 0.2) is 0 Å². The van der Waals surface area contributed by atoms with E-state index >= 15 is 0 Å². The molecule has 21 heavy (non-hydrogen) atoms. The van der Waals surface area contributed by atoms with E-state index in [0.29, 0.717) is 32.5 Å². The maximum Gasteiger partial charge on any atom is 0.320 e. The van der Waals surface area contributed by atoms with Crippen molar-refractivity contribution in [3.05, 3.63) is 20.8 Å². The molecule has 0 atom stereocenters. The van der Waals surface area contributed by atoms with Gasteiger partial charge in [-0.05, 0) is 41.8 Å². The SMILES string of the molecule is CN(Cc1cc(Br)cs1)C(=O)N1CCC(C)(C(=O)O)CC1. The Balaban J connectivity index is 1.91. The number of carbonyl (C=O) groups is 2. The first-order chi connectivity index (χ1) is 9.82. The summed E-state index contributed by atoms with van der Waals surface area (Å²) in [5.74, 6) is -0.772. The van der Waals surface area contributed by atoms with Crippen molar-refractivity contribution >= 4 is 39.3 Å². The molecule has 5 nitrogen and oxygen atoms in total. The minimum Gasteiger partial charge on any atom is -0.481 e. The number of piperidine rings is 1. The van der Waals surface area contributed by atoms with E-state index in [4.69, 9.17) is 0 Å². The van der Waals surface area contributed by atoms with Gasteiger partial charge in [-0.15, -0.1) is 11.3 Å². The van der Waals surface area contributed by atoms with Crippen molar-refractivity contribution in [3.8, 4) is 0 Å². The predicted octanol–water partition coefficient (Wildman–Crippen LogP) is 3.25. The quantitative estimate of drug-likeness (QED) is 0.882. The van der Waals surface area contributed by atoms with Crippen LogP contribution in [0.25, 0.3) is 0 Å². The lowest BCUT2D eigenvalue weighted by molar-refractivity contribution is -0.150. The van der Waals surface area contributed by atoms with E-state index in [1.807, 2.05) is 11.4 Å². The van der Waals surface area contributed by atoms with Gasteiger partial charge in [0.2, 0.25) is 0 Å². The topological polar surface area (TPSA) is 60.9 Å². The van der Waals surface area contributed by atoms with Crippen LogP contribution in [0.4, 0.5) is 4.79 Å². The summed E-state index contributed by atoms with van der Waals surface area (Å²) in [4.78, 5) is 28.1. The second-order valence-corrected chi connectivity index (χ2v) is 7.63. The maximum absolute atomic E-state index is 12.4. The van der Waals surface area contributed by atoms with Crippen LogP contribution in [-0.2, 0) is 11.3 Å². The van der Waals surface area contributed by atoms with E-state index in [2.05, 4.69) is 15.9 Å². The second-order valence-electron chi connectivity index (χ2n) is 5.72. The second kappa shape index (κ2) is 6.36. The van der Waals surface area contributed by atoms with Crippen molar-refractivity contribution in [2.45, 2.75) is 26.3 Å². The molecule has 7 heteroatoms. The summed E-state index contributed by atoms with van der Waals surface area (Å²) >= 11 is 5.01. The van der Waals surface area contributed by atoms with Gasteiger partial charge in [0.05, 0.1) is 12.0 Å². The van der Waals surface area contributed by atoms with Crippen molar-refractivity contribution < 1.29 is 14.7 Å². The number of hydrogen-bond donors (Lipinski definition) is 1. The van der Waals surface area contributed by atoms with Crippen molar-refractivity contribution in [1.29, 1.82) is 0 Å². The number of halogens is 1. The van der Waals surface area contributed by atoms with Crippen molar-refractivity contribution in [1.82, 2.24) is 9.80 Å². The molecule has 0 aliphatic carbocycles. The van der Waals surface area contributed by atoms with Gasteiger partial charge in [-0.25, -0.2) is 4.79 Å². The zero-order valence-electron chi connectivity index (χ0n) is 12.1. The summed E-state index contributed by atoms with van der Waals surface area (Å²) in [5, 5.41) is 11.2. The highest BCUT2D eigenvalue weighted by Crippen LogP contribution is 2.31. The van der Waals surface area contributed by atoms with Crippen LogP contribution >= 0.6 is 27.3 Å². The molecule has 1 aliphatic heterocycles. The highest BCUT2D eigenvalue weighted by atomic mass is 79.9. The molecule has 0 aromatic carbocycles. The van der Waals surface area contributed by atoms with Crippen molar-refractivity contribution in [3.63, 3.8) is 0 Å². The van der Waals surface area contributed by atoms with Crippen LogP contribution in [0.5, 0.6) is 0 Å². The Labute approximate surface area is 136 Å². The standard InChI is InChI=1S/C14H19BrN2O3S/c1-14(12(18)19)3-5-17(6-4-14)13(20)16(2)8-11-7-10(15)9-21-11/h7,9H,3-6,8H2,1-2H3,(H,18,19). The monoisotopic (exact) mass is 374 g/mol. The normalized spacial score (nSPS) is 17.6. The fraction of sp³-hybridized carbons (Fsp3) is 0.571. The molecule has 2 amide bonds. The molecule has 1 aromatic heterocycles. The number of carboxylic acid groups (broad SMARTS) is 1. The highest BCUT2D eigenvalue weighted by molar-refractivity contribution is 9.10. The molecular formula is C14H19BrN2O3S. The molecule has 0 spiro atoms. The summed E-state index contributed by atoms with van der Waals surface area (Å²) in [6, 6.07) is 1.97. The largest absolute Gasteiger partial charge is 0.481 e. The van der Waals surface area contributed by atoms with Gasteiger partial charge in [0.25, 0.3) is 0 Å². The van der Waals surface area contributed by atoms with Gasteiger partial charge in [0.1, 0.15) is 0 Å². The fourth-order valence-electron chi connectivity index (χ4n) is 2.38. The van der Waals surface area contributed by atoms with Gasteiger partial charge in [-0.1, -0.05) is 0 Å². The van der Waals surface area contributed by atoms with Crippen molar-refractivity contribution in [2.75, 3.05) is 20.1 Å². The number of nitrogens with zero attached hydrogens (tertiary/aromatic N) is 2. The Morgan fingerprint density at radius 2 is 2.10 bits per heavy atom. The molecule has 0 saturated carbocycles. The zero-order valence-corrected chi connectivity index (χ0v) is 14.5. The lowest BCUT2D eigenvalue weighted by Gasteiger charge is -2.38. The molecule has 116 valence electrons. The Kier molecular flexibility index (Phi) is 4.93. The third-order valence-corrected chi connectivity index (χ3v) is 5.68. The van der Waals surface area contributed by atoms with Gasteiger partial charge in [0, 0.05) is 34.9 Å². The first kappa shape index (κ1) is 16.3. The number of likely N-dealkylation sites (tertiary alicyclic amines) is 1. The van der Waals surface area contributed by atoms with Crippen molar-refractivity contribution in [2.24, 2.45) is 5.41 Å². The maximum atomic E-state index is 12.4. The Hall–Kier alpha value is -1.08. The summed E-state index contributed by atoms with van der Waals surface area (Å²) in [6.45, 7) is 3.33. The summed E-state index contributed by atoms with van der Waals surface area (Å²) in [5.41, 5.74) is -0.700. The average molecular weight is 375 g/mol.